The van der Waals surface area contributed by atoms with Gasteiger partial charge in [-0.2, -0.15) is 0 Å². The Morgan fingerprint density at radius 2 is 1.62 bits per heavy atom. The van der Waals surface area contributed by atoms with Gasteiger partial charge in [-0.05, 0) is 86.2 Å². The highest BCUT2D eigenvalue weighted by atomic mass is 16.5. The predicted octanol–water partition coefficient (Wildman–Crippen LogP) is 3.54. The molecule has 1 amide bonds. The third-order valence-electron chi connectivity index (χ3n) is 8.54. The Balaban J connectivity index is 1.03. The van der Waals surface area contributed by atoms with E-state index in [4.69, 9.17) is 4.74 Å². The average Bonchev–Trinajstić information content (AvgIpc) is 3.26. The molecule has 3 aliphatic heterocycles. The van der Waals surface area contributed by atoms with E-state index in [1.807, 2.05) is 12.1 Å². The molecule has 1 aliphatic carbocycles. The topological polar surface area (TPSA) is 44.8 Å². The Bertz CT molecular complexity index is 776. The van der Waals surface area contributed by atoms with Crippen LogP contribution in [0.4, 0.5) is 0 Å². The number of hydrogen-bond donors (Lipinski definition) is 1. The average molecular weight is 440 g/mol. The zero-order valence-electron chi connectivity index (χ0n) is 20.2. The van der Waals surface area contributed by atoms with E-state index in [9.17, 15) is 4.79 Å². The van der Waals surface area contributed by atoms with Crippen molar-refractivity contribution < 1.29 is 9.53 Å². The summed E-state index contributed by atoms with van der Waals surface area (Å²) in [6, 6.07) is 9.68. The first-order valence-corrected chi connectivity index (χ1v) is 12.8. The first kappa shape index (κ1) is 22.4. The molecule has 5 heteroatoms. The minimum absolute atomic E-state index is 0.124. The molecule has 4 fully saturated rings. The van der Waals surface area contributed by atoms with Gasteiger partial charge in [0.2, 0.25) is 0 Å². The number of nitrogens with one attached hydrogen (secondary N) is 1. The fourth-order valence-electron chi connectivity index (χ4n) is 6.24. The zero-order valence-corrected chi connectivity index (χ0v) is 20.2. The second-order valence-corrected chi connectivity index (χ2v) is 11.6. The van der Waals surface area contributed by atoms with Crippen molar-refractivity contribution in [2.24, 2.45) is 17.8 Å². The molecule has 1 aromatic rings. The highest BCUT2D eigenvalue weighted by Crippen LogP contribution is 2.51. The van der Waals surface area contributed by atoms with Crippen molar-refractivity contribution in [2.75, 3.05) is 45.9 Å². The number of likely N-dealkylation sites (tertiary alicyclic amines) is 2. The number of nitrogens with zero attached hydrogens (tertiary/aromatic N) is 2. The fraction of sp³-hybridized carbons (Fsp3) is 0.741. The van der Waals surface area contributed by atoms with Crippen molar-refractivity contribution in [3.63, 3.8) is 0 Å². The summed E-state index contributed by atoms with van der Waals surface area (Å²) in [5.74, 6) is 2.41. The highest BCUT2D eigenvalue weighted by Gasteiger charge is 2.56. The van der Waals surface area contributed by atoms with Crippen molar-refractivity contribution in [2.45, 2.75) is 64.0 Å². The van der Waals surface area contributed by atoms with Crippen LogP contribution in [0.3, 0.4) is 0 Å². The van der Waals surface area contributed by atoms with Crippen LogP contribution >= 0.6 is 0 Å². The third kappa shape index (κ3) is 4.76. The normalized spacial score (nSPS) is 29.8. The number of carbonyl (C=O) groups is 1. The van der Waals surface area contributed by atoms with Gasteiger partial charge in [0.25, 0.3) is 5.91 Å². The molecular weight excluding hydrogens is 398 g/mol. The van der Waals surface area contributed by atoms with Crippen LogP contribution in [0.1, 0.15) is 62.4 Å². The summed E-state index contributed by atoms with van der Waals surface area (Å²) in [7, 11) is 0. The van der Waals surface area contributed by atoms with Gasteiger partial charge in [0.15, 0.2) is 0 Å². The molecule has 0 spiro atoms. The van der Waals surface area contributed by atoms with Crippen LogP contribution in [0.15, 0.2) is 24.3 Å². The molecule has 0 bridgehead atoms. The van der Waals surface area contributed by atoms with Gasteiger partial charge in [0.05, 0.1) is 0 Å². The summed E-state index contributed by atoms with van der Waals surface area (Å²) < 4.78 is 5.52. The van der Waals surface area contributed by atoms with Crippen LogP contribution in [-0.4, -0.2) is 73.7 Å². The molecule has 2 atom stereocenters. The molecule has 2 unspecified atom stereocenters. The molecule has 0 radical (unpaired) electrons. The van der Waals surface area contributed by atoms with Crippen LogP contribution in [0, 0.1) is 17.8 Å². The van der Waals surface area contributed by atoms with Crippen molar-refractivity contribution in [1.82, 2.24) is 15.1 Å². The van der Waals surface area contributed by atoms with E-state index in [-0.39, 0.29) is 11.3 Å². The van der Waals surface area contributed by atoms with E-state index >= 15 is 0 Å². The lowest BCUT2D eigenvalue weighted by atomic mass is 9.86. The molecule has 1 N–H and O–H groups in total. The van der Waals surface area contributed by atoms with E-state index < -0.39 is 0 Å². The Hall–Kier alpha value is -1.43. The van der Waals surface area contributed by atoms with Crippen LogP contribution in [-0.2, 0) is 10.2 Å². The molecule has 5 nitrogen and oxygen atoms in total. The van der Waals surface area contributed by atoms with Gasteiger partial charge in [-0.15, -0.1) is 0 Å². The lowest BCUT2D eigenvalue weighted by Crippen LogP contribution is -2.48. The largest absolute Gasteiger partial charge is 0.381 e. The number of carbonyl (C=O) groups excluding carboxylic acids is 1. The van der Waals surface area contributed by atoms with Gasteiger partial charge >= 0.3 is 0 Å². The van der Waals surface area contributed by atoms with Gasteiger partial charge in [0, 0.05) is 44.0 Å². The van der Waals surface area contributed by atoms with Crippen molar-refractivity contribution in [3.8, 4) is 0 Å². The predicted molar refractivity (Wildman–Crippen MR) is 128 cm³/mol. The molecule has 3 saturated heterocycles. The zero-order chi connectivity index (χ0) is 22.3. The van der Waals surface area contributed by atoms with Gasteiger partial charge in [-0.3, -0.25) is 4.79 Å². The van der Waals surface area contributed by atoms with E-state index in [2.05, 4.69) is 48.0 Å². The van der Waals surface area contributed by atoms with Crippen LogP contribution in [0.25, 0.3) is 0 Å². The van der Waals surface area contributed by atoms with Gasteiger partial charge in [-0.1, -0.05) is 32.9 Å². The fourth-order valence-corrected chi connectivity index (χ4v) is 6.24. The summed E-state index contributed by atoms with van der Waals surface area (Å²) >= 11 is 0. The first-order chi connectivity index (χ1) is 15.4. The maximum absolute atomic E-state index is 12.9. The molecular formula is C27H41N3O2. The molecule has 5 rings (SSSR count). The number of piperidine rings is 2. The summed E-state index contributed by atoms with van der Waals surface area (Å²) in [6.07, 6.45) is 4.96. The van der Waals surface area contributed by atoms with E-state index in [1.54, 1.807) is 0 Å². The molecule has 0 aromatic heterocycles. The number of rotatable bonds is 5. The SMILES string of the molecule is CC(C)(C)c1ccc(C(=O)N2CC3C(CNC4CCN(C5CCOCC5)CC4)C3C2)cc1. The van der Waals surface area contributed by atoms with Crippen molar-refractivity contribution in [1.29, 1.82) is 0 Å². The summed E-state index contributed by atoms with van der Waals surface area (Å²) in [6.45, 7) is 14.0. The molecule has 4 aliphatic rings. The molecule has 1 saturated carbocycles. The first-order valence-electron chi connectivity index (χ1n) is 12.8. The second kappa shape index (κ2) is 9.08. The van der Waals surface area contributed by atoms with E-state index in [1.165, 1.54) is 44.3 Å². The quantitative estimate of drug-likeness (QED) is 0.762. The monoisotopic (exact) mass is 439 g/mol. The number of benzene rings is 1. The van der Waals surface area contributed by atoms with Crippen LogP contribution in [0.5, 0.6) is 0 Å². The Morgan fingerprint density at radius 3 is 2.22 bits per heavy atom. The number of ether oxygens (including phenoxy) is 1. The number of hydrogen-bond acceptors (Lipinski definition) is 4. The van der Waals surface area contributed by atoms with Crippen LogP contribution in [0.2, 0.25) is 0 Å². The van der Waals surface area contributed by atoms with Crippen molar-refractivity contribution >= 4 is 5.91 Å². The Kier molecular flexibility index (Phi) is 6.34. The second-order valence-electron chi connectivity index (χ2n) is 11.6. The molecule has 3 heterocycles. The molecule has 32 heavy (non-hydrogen) atoms. The third-order valence-corrected chi connectivity index (χ3v) is 8.54. The minimum Gasteiger partial charge on any atom is -0.381 e. The summed E-state index contributed by atoms with van der Waals surface area (Å²) in [4.78, 5) is 17.7. The van der Waals surface area contributed by atoms with Crippen LogP contribution < -0.4 is 5.32 Å². The molecule has 176 valence electrons. The van der Waals surface area contributed by atoms with Gasteiger partial charge in [0.1, 0.15) is 0 Å². The number of fused-ring (bicyclic) bond motifs is 1. The standard InChI is InChI=1S/C27H41N3O2/c1-27(2,3)20-6-4-19(5-7-20)26(31)30-17-24-23(25(24)18-30)16-28-21-8-12-29(13-9-21)22-10-14-32-15-11-22/h4-7,21-25,28H,8-18H2,1-3H3. The number of amides is 1. The van der Waals surface area contributed by atoms with Gasteiger partial charge < -0.3 is 19.9 Å². The minimum atomic E-state index is 0.124. The van der Waals surface area contributed by atoms with Crippen molar-refractivity contribution in [3.05, 3.63) is 35.4 Å². The lowest BCUT2D eigenvalue weighted by molar-refractivity contribution is 0.0238. The maximum atomic E-state index is 12.9. The smallest absolute Gasteiger partial charge is 0.253 e. The lowest BCUT2D eigenvalue weighted by Gasteiger charge is -2.39. The highest BCUT2D eigenvalue weighted by molar-refractivity contribution is 5.94. The summed E-state index contributed by atoms with van der Waals surface area (Å²) in [5.41, 5.74) is 2.24. The van der Waals surface area contributed by atoms with Gasteiger partial charge in [-0.25, -0.2) is 0 Å². The Morgan fingerprint density at radius 1 is 1.00 bits per heavy atom. The van der Waals surface area contributed by atoms with E-state index in [0.29, 0.717) is 17.9 Å². The Labute approximate surface area is 193 Å². The summed E-state index contributed by atoms with van der Waals surface area (Å²) in [5, 5.41) is 3.88. The maximum Gasteiger partial charge on any atom is 0.253 e. The van der Waals surface area contributed by atoms with E-state index in [0.717, 1.165) is 50.4 Å². The molecule has 1 aromatic carbocycles.